The molecule has 0 spiro atoms. The summed E-state index contributed by atoms with van der Waals surface area (Å²) < 4.78 is 6.02. The molecule has 5 rings (SSSR count). The highest BCUT2D eigenvalue weighted by Crippen LogP contribution is 2.59. The Bertz CT molecular complexity index is 761. The zero-order valence-electron chi connectivity index (χ0n) is 13.4. The smallest absolute Gasteiger partial charge is 0.296 e. The van der Waals surface area contributed by atoms with E-state index in [-0.39, 0.29) is 22.3 Å². The second-order valence-electron chi connectivity index (χ2n) is 6.81. The van der Waals surface area contributed by atoms with Gasteiger partial charge in [-0.15, -0.1) is 0 Å². The fourth-order valence-corrected chi connectivity index (χ4v) is 3.66. The third-order valence-electron chi connectivity index (χ3n) is 5.04. The number of pyridine rings is 1. The lowest BCUT2D eigenvalue weighted by Crippen LogP contribution is -2.63. The second kappa shape index (κ2) is 5.47. The Kier molecular flexibility index (Phi) is 3.40. The van der Waals surface area contributed by atoms with Crippen molar-refractivity contribution in [2.45, 2.75) is 37.8 Å². The van der Waals surface area contributed by atoms with Gasteiger partial charge in [-0.25, -0.2) is 0 Å². The van der Waals surface area contributed by atoms with Crippen LogP contribution >= 0.6 is 0 Å². The van der Waals surface area contributed by atoms with E-state index in [2.05, 4.69) is 10.3 Å². The van der Waals surface area contributed by atoms with Crippen LogP contribution in [0.3, 0.4) is 0 Å². The van der Waals surface area contributed by atoms with Crippen LogP contribution in [0.5, 0.6) is 5.75 Å². The molecule has 1 atom stereocenters. The lowest BCUT2D eigenvalue weighted by molar-refractivity contribution is -0.384. The molecule has 3 aliphatic rings. The van der Waals surface area contributed by atoms with Crippen molar-refractivity contribution in [2.24, 2.45) is 5.92 Å². The van der Waals surface area contributed by atoms with E-state index in [0.717, 1.165) is 30.9 Å². The van der Waals surface area contributed by atoms with Gasteiger partial charge in [0.15, 0.2) is 11.4 Å². The molecule has 1 heterocycles. The van der Waals surface area contributed by atoms with Gasteiger partial charge in [-0.3, -0.25) is 15.1 Å². The molecule has 0 unspecified atom stereocenters. The average Bonchev–Trinajstić information content (AvgIpc) is 2.51. The Morgan fingerprint density at radius 3 is 2.67 bits per heavy atom. The van der Waals surface area contributed by atoms with E-state index in [1.165, 1.54) is 6.07 Å². The molecule has 1 aromatic carbocycles. The summed E-state index contributed by atoms with van der Waals surface area (Å²) in [5.41, 5.74) is 1.37. The predicted molar refractivity (Wildman–Crippen MR) is 90.1 cm³/mol. The number of benzene rings is 1. The minimum absolute atomic E-state index is 0.0309. The lowest BCUT2D eigenvalue weighted by Gasteiger charge is -2.62. The molecule has 2 aromatic rings. The number of ether oxygens (including phenoxy) is 1. The molecule has 3 aliphatic carbocycles. The maximum atomic E-state index is 11.4. The van der Waals surface area contributed by atoms with Crippen LogP contribution in [0.4, 0.5) is 11.4 Å². The van der Waals surface area contributed by atoms with Gasteiger partial charge in [0.1, 0.15) is 6.10 Å². The molecule has 6 heteroatoms. The van der Waals surface area contributed by atoms with E-state index in [9.17, 15) is 10.1 Å². The van der Waals surface area contributed by atoms with Crippen LogP contribution in [-0.2, 0) is 0 Å². The first kappa shape index (κ1) is 14.9. The van der Waals surface area contributed by atoms with Gasteiger partial charge >= 0.3 is 0 Å². The highest BCUT2D eigenvalue weighted by atomic mass is 16.6. The Morgan fingerprint density at radius 2 is 2.08 bits per heavy atom. The number of hydrogen-bond donors (Lipinski definition) is 1. The van der Waals surface area contributed by atoms with Crippen molar-refractivity contribution in [1.82, 2.24) is 4.98 Å². The van der Waals surface area contributed by atoms with Gasteiger partial charge in [-0.05, 0) is 50.3 Å². The van der Waals surface area contributed by atoms with Gasteiger partial charge in [0.2, 0.25) is 0 Å². The molecule has 1 N–H and O–H groups in total. The number of nitro groups is 1. The number of anilines is 1. The van der Waals surface area contributed by atoms with Crippen LogP contribution in [0.15, 0.2) is 42.6 Å². The molecule has 3 fully saturated rings. The number of nitro benzene ring substituents is 1. The van der Waals surface area contributed by atoms with Gasteiger partial charge in [0.25, 0.3) is 5.69 Å². The number of rotatable bonds is 6. The SMILES string of the molecule is C[C@@H](Oc1cccc([N+](=O)[O-])c1NC12CC(C1)C2)c1ccccn1. The average molecular weight is 325 g/mol. The number of aromatic nitrogens is 1. The first-order valence-electron chi connectivity index (χ1n) is 8.19. The number of nitrogens with zero attached hydrogens (tertiary/aromatic N) is 2. The topological polar surface area (TPSA) is 77.3 Å². The highest BCUT2D eigenvalue weighted by molar-refractivity contribution is 5.71. The fourth-order valence-electron chi connectivity index (χ4n) is 3.66. The third-order valence-corrected chi connectivity index (χ3v) is 5.04. The predicted octanol–water partition coefficient (Wildman–Crippen LogP) is 4.09. The number of nitrogens with one attached hydrogen (secondary N) is 1. The van der Waals surface area contributed by atoms with Gasteiger partial charge in [-0.1, -0.05) is 12.1 Å². The van der Waals surface area contributed by atoms with Crippen LogP contribution in [0, 0.1) is 16.0 Å². The van der Waals surface area contributed by atoms with Crippen LogP contribution in [0.1, 0.15) is 38.0 Å². The first-order chi connectivity index (χ1) is 11.6. The molecular weight excluding hydrogens is 306 g/mol. The molecule has 0 aliphatic heterocycles. The summed E-state index contributed by atoms with van der Waals surface area (Å²) in [7, 11) is 0. The molecule has 24 heavy (non-hydrogen) atoms. The Labute approximate surface area is 140 Å². The molecule has 0 amide bonds. The summed E-state index contributed by atoms with van der Waals surface area (Å²) in [6.45, 7) is 1.89. The van der Waals surface area contributed by atoms with Crippen molar-refractivity contribution >= 4 is 11.4 Å². The van der Waals surface area contributed by atoms with Gasteiger partial charge < -0.3 is 10.1 Å². The minimum atomic E-state index is -0.355. The van der Waals surface area contributed by atoms with Crippen molar-refractivity contribution in [3.05, 3.63) is 58.4 Å². The summed E-state index contributed by atoms with van der Waals surface area (Å²) in [6.07, 6.45) is 4.70. The summed E-state index contributed by atoms with van der Waals surface area (Å²) in [4.78, 5) is 15.4. The van der Waals surface area contributed by atoms with Crippen LogP contribution < -0.4 is 10.1 Å². The van der Waals surface area contributed by atoms with Crippen molar-refractivity contribution in [1.29, 1.82) is 0 Å². The number of para-hydroxylation sites is 1. The van der Waals surface area contributed by atoms with E-state index in [4.69, 9.17) is 4.74 Å². The van der Waals surface area contributed by atoms with Gasteiger partial charge in [0, 0.05) is 17.8 Å². The quantitative estimate of drug-likeness (QED) is 0.639. The van der Waals surface area contributed by atoms with Crippen LogP contribution in [-0.4, -0.2) is 15.4 Å². The Hall–Kier alpha value is -2.63. The van der Waals surface area contributed by atoms with Crippen LogP contribution in [0.25, 0.3) is 0 Å². The molecule has 1 aromatic heterocycles. The molecule has 124 valence electrons. The molecule has 6 nitrogen and oxygen atoms in total. The maximum Gasteiger partial charge on any atom is 0.296 e. The zero-order chi connectivity index (χ0) is 16.7. The summed E-state index contributed by atoms with van der Waals surface area (Å²) in [5.74, 6) is 1.30. The third kappa shape index (κ3) is 2.48. The molecular formula is C18H19N3O3. The second-order valence-corrected chi connectivity index (χ2v) is 6.81. The molecule has 3 saturated carbocycles. The van der Waals surface area contributed by atoms with Crippen molar-refractivity contribution in [3.63, 3.8) is 0 Å². The van der Waals surface area contributed by atoms with Crippen LogP contribution in [0.2, 0.25) is 0 Å². The van der Waals surface area contributed by atoms with E-state index < -0.39 is 0 Å². The first-order valence-corrected chi connectivity index (χ1v) is 8.19. The van der Waals surface area contributed by atoms with E-state index in [1.807, 2.05) is 25.1 Å². The Morgan fingerprint density at radius 1 is 1.29 bits per heavy atom. The fraction of sp³-hybridized carbons (Fsp3) is 0.389. The van der Waals surface area contributed by atoms with Gasteiger partial charge in [-0.2, -0.15) is 0 Å². The van der Waals surface area contributed by atoms with Crippen molar-refractivity contribution in [3.8, 4) is 5.75 Å². The minimum Gasteiger partial charge on any atom is -0.482 e. The maximum absolute atomic E-state index is 11.4. The van der Waals surface area contributed by atoms with Crippen molar-refractivity contribution < 1.29 is 9.66 Å². The number of hydrogen-bond acceptors (Lipinski definition) is 5. The van der Waals surface area contributed by atoms with E-state index >= 15 is 0 Å². The molecule has 0 radical (unpaired) electrons. The summed E-state index contributed by atoms with van der Waals surface area (Å²) in [5, 5.41) is 14.8. The van der Waals surface area contributed by atoms with Crippen molar-refractivity contribution in [2.75, 3.05) is 5.32 Å². The standard InChI is InChI=1S/C18H19N3O3/c1-12(14-5-2-3-8-19-14)24-16-7-4-6-15(21(22)23)17(16)20-18-9-13(10-18)11-18/h2-8,12-13,20H,9-11H2,1H3/t12-,13?,18?/m1/s1. The van der Waals surface area contributed by atoms with E-state index in [1.54, 1.807) is 18.3 Å². The molecule has 2 bridgehead atoms. The normalized spacial score (nSPS) is 25.1. The monoisotopic (exact) mass is 325 g/mol. The van der Waals surface area contributed by atoms with Gasteiger partial charge in [0.05, 0.1) is 10.6 Å². The largest absolute Gasteiger partial charge is 0.482 e. The van der Waals surface area contributed by atoms with E-state index in [0.29, 0.717) is 11.4 Å². The zero-order valence-corrected chi connectivity index (χ0v) is 13.4. The summed E-state index contributed by atoms with van der Waals surface area (Å²) >= 11 is 0. The highest BCUT2D eigenvalue weighted by Gasteiger charge is 2.57. The molecule has 0 saturated heterocycles. The Balaban J connectivity index is 1.63. The summed E-state index contributed by atoms with van der Waals surface area (Å²) in [6, 6.07) is 10.6. The lowest BCUT2D eigenvalue weighted by atomic mass is 9.50.